The number of rotatable bonds is 9. The smallest absolute Gasteiger partial charge is 0.274 e. The van der Waals surface area contributed by atoms with Gasteiger partial charge in [0.25, 0.3) is 11.8 Å². The van der Waals surface area contributed by atoms with Gasteiger partial charge in [-0.15, -0.1) is 0 Å². The van der Waals surface area contributed by atoms with Gasteiger partial charge in [0.1, 0.15) is 0 Å². The monoisotopic (exact) mass is 569 g/mol. The molecule has 1 fully saturated rings. The number of carbonyl (C=O) groups is 3. The number of nitrogens with zero attached hydrogens (tertiary/aromatic N) is 3. The molecule has 39 heavy (non-hydrogen) atoms. The number of aromatic amines is 1. The molecule has 1 aliphatic heterocycles. The molecule has 2 heterocycles. The number of carbonyl (C=O) groups excluding carboxylic acids is 3. The van der Waals surface area contributed by atoms with Crippen LogP contribution in [0.4, 0.5) is 17.1 Å². The normalized spacial score (nSPS) is 15.1. The summed E-state index contributed by atoms with van der Waals surface area (Å²) in [4.78, 5) is 41.9. The van der Waals surface area contributed by atoms with Gasteiger partial charge in [0.05, 0.1) is 21.3 Å². The molecule has 10 nitrogen and oxygen atoms in total. The Morgan fingerprint density at radius 2 is 1.79 bits per heavy atom. The summed E-state index contributed by atoms with van der Waals surface area (Å²) in [6, 6.07) is 12.2. The average Bonchev–Trinajstić information content (AvgIpc) is 3.54. The molecule has 0 aliphatic carbocycles. The highest BCUT2D eigenvalue weighted by molar-refractivity contribution is 6.40. The van der Waals surface area contributed by atoms with Crippen LogP contribution in [-0.2, 0) is 4.79 Å². The number of anilines is 3. The van der Waals surface area contributed by atoms with Gasteiger partial charge in [-0.05, 0) is 56.9 Å². The summed E-state index contributed by atoms with van der Waals surface area (Å²) in [6.07, 6.45) is 5.49. The van der Waals surface area contributed by atoms with E-state index in [-0.39, 0.29) is 38.9 Å². The number of hydrogen-bond acceptors (Lipinski definition) is 6. The molecule has 1 saturated heterocycles. The Bertz CT molecular complexity index is 1350. The minimum absolute atomic E-state index is 0.0599. The molecule has 204 valence electrons. The Balaban J connectivity index is 1.31. The van der Waals surface area contributed by atoms with E-state index in [1.54, 1.807) is 24.3 Å². The lowest BCUT2D eigenvalue weighted by atomic mass is 10.2. The van der Waals surface area contributed by atoms with E-state index in [1.807, 2.05) is 43.3 Å². The van der Waals surface area contributed by atoms with Crippen molar-refractivity contribution < 1.29 is 14.4 Å². The van der Waals surface area contributed by atoms with E-state index in [9.17, 15) is 14.4 Å². The fourth-order valence-electron chi connectivity index (χ4n) is 4.13. The van der Waals surface area contributed by atoms with Gasteiger partial charge in [0.2, 0.25) is 5.91 Å². The molecule has 0 bridgehead atoms. The van der Waals surface area contributed by atoms with Gasteiger partial charge < -0.3 is 25.8 Å². The van der Waals surface area contributed by atoms with Gasteiger partial charge in [0, 0.05) is 49.3 Å². The van der Waals surface area contributed by atoms with E-state index in [4.69, 9.17) is 23.2 Å². The van der Waals surface area contributed by atoms with Gasteiger partial charge in [-0.1, -0.05) is 35.3 Å². The molecule has 12 heteroatoms. The maximum absolute atomic E-state index is 13.0. The van der Waals surface area contributed by atoms with E-state index in [1.165, 1.54) is 12.3 Å². The van der Waals surface area contributed by atoms with Crippen LogP contribution in [0.15, 0.2) is 60.8 Å². The molecule has 3 amide bonds. The van der Waals surface area contributed by atoms with Gasteiger partial charge in [0.15, 0.2) is 5.69 Å². The van der Waals surface area contributed by atoms with Crippen molar-refractivity contribution in [1.29, 1.82) is 0 Å². The molecule has 1 atom stereocenters. The number of nitrogens with one attached hydrogen (secondary N) is 4. The van der Waals surface area contributed by atoms with Crippen molar-refractivity contribution in [2.45, 2.75) is 12.5 Å². The van der Waals surface area contributed by atoms with Gasteiger partial charge in [-0.3, -0.25) is 19.5 Å². The van der Waals surface area contributed by atoms with Gasteiger partial charge >= 0.3 is 0 Å². The number of hydrogen-bond donors (Lipinski definition) is 4. The number of benzene rings is 2. The first-order chi connectivity index (χ1) is 18.7. The summed E-state index contributed by atoms with van der Waals surface area (Å²) in [5.41, 5.74) is 2.08. The van der Waals surface area contributed by atoms with Crippen LogP contribution in [0.2, 0.25) is 10.0 Å². The zero-order chi connectivity index (χ0) is 27.9. The standard InChI is InChI=1S/C27H29Cl2N7O3/c1-35(2)13-4-7-23(37)31-17-8-10-19(11-9-17)36-14-12-18(16-36)32-27(39)25-22(15-30-34-25)33-26(38)24-20(28)5-3-6-21(24)29/h3-11,15,18H,12-14,16H2,1-2H3,(H,30,34)(H,31,37)(H,32,39)(H,33,38). The minimum atomic E-state index is -0.544. The van der Waals surface area contributed by atoms with E-state index in [2.05, 4.69) is 31.0 Å². The molecule has 4 N–H and O–H groups in total. The summed E-state index contributed by atoms with van der Waals surface area (Å²) >= 11 is 12.3. The molecule has 0 saturated carbocycles. The first-order valence-electron chi connectivity index (χ1n) is 12.3. The largest absolute Gasteiger partial charge is 0.369 e. The second kappa shape index (κ2) is 12.8. The van der Waals surface area contributed by atoms with Gasteiger partial charge in [-0.2, -0.15) is 5.10 Å². The summed E-state index contributed by atoms with van der Waals surface area (Å²) in [6.45, 7) is 2.04. The highest BCUT2D eigenvalue weighted by atomic mass is 35.5. The van der Waals surface area contributed by atoms with E-state index >= 15 is 0 Å². The third kappa shape index (κ3) is 7.38. The van der Waals surface area contributed by atoms with Crippen molar-refractivity contribution in [3.8, 4) is 0 Å². The van der Waals surface area contributed by atoms with Crippen LogP contribution in [0, 0.1) is 0 Å². The molecule has 0 spiro atoms. The maximum atomic E-state index is 13.0. The third-order valence-electron chi connectivity index (χ3n) is 6.06. The average molecular weight is 570 g/mol. The fourth-order valence-corrected chi connectivity index (χ4v) is 4.70. The van der Waals surface area contributed by atoms with Crippen LogP contribution in [0.25, 0.3) is 0 Å². The fraction of sp³-hybridized carbons (Fsp3) is 0.259. The predicted octanol–water partition coefficient (Wildman–Crippen LogP) is 4.03. The highest BCUT2D eigenvalue weighted by Crippen LogP contribution is 2.26. The number of amides is 3. The number of H-pyrrole nitrogens is 1. The lowest BCUT2D eigenvalue weighted by molar-refractivity contribution is -0.111. The zero-order valence-electron chi connectivity index (χ0n) is 21.5. The number of likely N-dealkylation sites (N-methyl/N-ethyl adjacent to an activating group) is 1. The first kappa shape index (κ1) is 28.2. The van der Waals surface area contributed by atoms with Crippen LogP contribution >= 0.6 is 23.2 Å². The maximum Gasteiger partial charge on any atom is 0.274 e. The summed E-state index contributed by atoms with van der Waals surface area (Å²) in [5, 5.41) is 15.5. The number of aromatic nitrogens is 2. The molecule has 0 radical (unpaired) electrons. The second-order valence-electron chi connectivity index (χ2n) is 9.30. The molecule has 4 rings (SSSR count). The quantitative estimate of drug-likeness (QED) is 0.288. The molecule has 1 unspecified atom stereocenters. The Labute approximate surface area is 236 Å². The van der Waals surface area contributed by atoms with Crippen LogP contribution < -0.4 is 20.9 Å². The Kier molecular flexibility index (Phi) is 9.23. The van der Waals surface area contributed by atoms with Crippen molar-refractivity contribution in [2.75, 3.05) is 49.3 Å². The molecule has 3 aromatic rings. The minimum Gasteiger partial charge on any atom is -0.369 e. The Morgan fingerprint density at radius 3 is 2.49 bits per heavy atom. The predicted molar refractivity (Wildman–Crippen MR) is 154 cm³/mol. The summed E-state index contributed by atoms with van der Waals surface area (Å²) in [7, 11) is 3.87. The summed E-state index contributed by atoms with van der Waals surface area (Å²) < 4.78 is 0. The summed E-state index contributed by atoms with van der Waals surface area (Å²) in [5.74, 6) is -1.14. The van der Waals surface area contributed by atoms with Crippen molar-refractivity contribution in [3.05, 3.63) is 82.1 Å². The van der Waals surface area contributed by atoms with E-state index < -0.39 is 11.8 Å². The van der Waals surface area contributed by atoms with Crippen LogP contribution in [-0.4, -0.2) is 72.6 Å². The number of halogens is 2. The molecule has 2 aromatic carbocycles. The van der Waals surface area contributed by atoms with E-state index in [0.29, 0.717) is 18.8 Å². The second-order valence-corrected chi connectivity index (χ2v) is 10.1. The molecular formula is C27H29Cl2N7O3. The van der Waals surface area contributed by atoms with Crippen molar-refractivity contribution >= 4 is 58.0 Å². The lowest BCUT2D eigenvalue weighted by Crippen LogP contribution is -2.37. The van der Waals surface area contributed by atoms with Crippen molar-refractivity contribution in [2.24, 2.45) is 0 Å². The van der Waals surface area contributed by atoms with E-state index in [0.717, 1.165) is 18.7 Å². The van der Waals surface area contributed by atoms with Crippen molar-refractivity contribution in [3.63, 3.8) is 0 Å². The first-order valence-corrected chi connectivity index (χ1v) is 13.0. The van der Waals surface area contributed by atoms with Crippen LogP contribution in [0.3, 0.4) is 0 Å². The van der Waals surface area contributed by atoms with Crippen LogP contribution in [0.5, 0.6) is 0 Å². The SMILES string of the molecule is CN(C)CC=CC(=O)Nc1ccc(N2CCC(NC(=O)c3n[nH]cc3NC(=O)c3c(Cl)cccc3Cl)C2)cc1. The lowest BCUT2D eigenvalue weighted by Gasteiger charge is -2.19. The topological polar surface area (TPSA) is 122 Å². The zero-order valence-corrected chi connectivity index (χ0v) is 23.0. The Morgan fingerprint density at radius 1 is 1.08 bits per heavy atom. The van der Waals surface area contributed by atoms with Crippen LogP contribution in [0.1, 0.15) is 27.3 Å². The molecular weight excluding hydrogens is 541 g/mol. The third-order valence-corrected chi connectivity index (χ3v) is 6.69. The van der Waals surface area contributed by atoms with Gasteiger partial charge in [-0.25, -0.2) is 0 Å². The Hall–Kier alpha value is -3.86. The molecule has 1 aromatic heterocycles. The highest BCUT2D eigenvalue weighted by Gasteiger charge is 2.27. The van der Waals surface area contributed by atoms with Crippen molar-refractivity contribution in [1.82, 2.24) is 20.4 Å². The molecule has 1 aliphatic rings.